The van der Waals surface area contributed by atoms with Crippen molar-refractivity contribution in [1.29, 1.82) is 0 Å². The van der Waals surface area contributed by atoms with E-state index in [4.69, 9.17) is 15.3 Å². The normalized spacial score (nSPS) is 17.2. The van der Waals surface area contributed by atoms with Crippen molar-refractivity contribution in [2.75, 3.05) is 13.2 Å². The Kier molecular flexibility index (Phi) is 8.59. The lowest BCUT2D eigenvalue weighted by Gasteiger charge is -2.15. The van der Waals surface area contributed by atoms with Crippen molar-refractivity contribution in [2.24, 2.45) is 5.73 Å². The third kappa shape index (κ3) is 7.50. The zero-order valence-electron chi connectivity index (χ0n) is 11.2. The van der Waals surface area contributed by atoms with Crippen LogP contribution in [0.2, 0.25) is 0 Å². The van der Waals surface area contributed by atoms with Crippen LogP contribution >= 0.6 is 0 Å². The van der Waals surface area contributed by atoms with Crippen LogP contribution in [0.5, 0.6) is 0 Å². The minimum atomic E-state index is -0.480. The molecule has 0 unspecified atom stereocenters. The first-order chi connectivity index (χ1) is 8.83. The summed E-state index contributed by atoms with van der Waals surface area (Å²) in [5, 5.41) is 0. The number of ether oxygens (including phenoxy) is 1. The third-order valence-corrected chi connectivity index (χ3v) is 3.19. The van der Waals surface area contributed by atoms with Crippen LogP contribution in [0.4, 0.5) is 4.79 Å². The predicted octanol–water partition coefficient (Wildman–Crippen LogP) is 2.50. The maximum absolute atomic E-state index is 11.3. The van der Waals surface area contributed by atoms with E-state index in [0.717, 1.165) is 32.1 Å². The van der Waals surface area contributed by atoms with Crippen molar-refractivity contribution in [3.8, 4) is 0 Å². The average molecular weight is 258 g/mol. The largest absolute Gasteiger partial charge is 0.448 e. The van der Waals surface area contributed by atoms with Crippen LogP contribution in [0.3, 0.4) is 0 Å². The lowest BCUT2D eigenvalue weighted by Crippen LogP contribution is -2.30. The molecular weight excluding hydrogens is 232 g/mol. The molecular formula is C13H26N2O3. The Balaban J connectivity index is 1.98. The number of unbranched alkanes of at least 4 members (excludes halogenated alkanes) is 2. The van der Waals surface area contributed by atoms with E-state index in [0.29, 0.717) is 13.2 Å². The highest BCUT2D eigenvalue weighted by atomic mass is 16.7. The van der Waals surface area contributed by atoms with Gasteiger partial charge in [-0.15, -0.1) is 0 Å². The van der Waals surface area contributed by atoms with Gasteiger partial charge in [-0.3, -0.25) is 4.84 Å². The molecule has 5 nitrogen and oxygen atoms in total. The van der Waals surface area contributed by atoms with Crippen molar-refractivity contribution in [3.05, 3.63) is 0 Å². The second-order valence-electron chi connectivity index (χ2n) is 4.82. The minimum absolute atomic E-state index is 0.150. The zero-order chi connectivity index (χ0) is 13.1. The Morgan fingerprint density at radius 1 is 1.11 bits per heavy atom. The van der Waals surface area contributed by atoms with E-state index in [9.17, 15) is 4.79 Å². The molecule has 0 bridgehead atoms. The monoisotopic (exact) mass is 258 g/mol. The fraction of sp³-hybridized carbons (Fsp3) is 0.923. The summed E-state index contributed by atoms with van der Waals surface area (Å²) < 4.78 is 5.00. The summed E-state index contributed by atoms with van der Waals surface area (Å²) in [6, 6.07) is 0. The number of carbonyl (C=O) groups excluding carboxylic acids is 1. The predicted molar refractivity (Wildman–Crippen MR) is 70.0 cm³/mol. The van der Waals surface area contributed by atoms with E-state index in [2.05, 4.69) is 5.48 Å². The molecule has 3 N–H and O–H groups in total. The number of hydroxylamine groups is 1. The topological polar surface area (TPSA) is 73.6 Å². The SMILES string of the molecule is NCCCCCOC(=O)NOC1CCCCCC1. The summed E-state index contributed by atoms with van der Waals surface area (Å²) in [4.78, 5) is 16.7. The van der Waals surface area contributed by atoms with Crippen LogP contribution in [0, 0.1) is 0 Å². The van der Waals surface area contributed by atoms with E-state index in [1.54, 1.807) is 0 Å². The Labute approximate surface area is 109 Å². The molecule has 0 atom stereocenters. The minimum Gasteiger partial charge on any atom is -0.448 e. The Morgan fingerprint density at radius 3 is 2.50 bits per heavy atom. The van der Waals surface area contributed by atoms with Gasteiger partial charge >= 0.3 is 6.09 Å². The maximum atomic E-state index is 11.3. The van der Waals surface area contributed by atoms with Crippen molar-refractivity contribution in [2.45, 2.75) is 63.9 Å². The van der Waals surface area contributed by atoms with Gasteiger partial charge < -0.3 is 10.5 Å². The first kappa shape index (κ1) is 15.2. The van der Waals surface area contributed by atoms with E-state index < -0.39 is 6.09 Å². The fourth-order valence-electron chi connectivity index (χ4n) is 2.11. The fourth-order valence-corrected chi connectivity index (χ4v) is 2.11. The number of nitrogens with two attached hydrogens (primary N) is 1. The van der Waals surface area contributed by atoms with Crippen LogP contribution in [0.15, 0.2) is 0 Å². The van der Waals surface area contributed by atoms with Gasteiger partial charge in [0, 0.05) is 0 Å². The van der Waals surface area contributed by atoms with Crippen LogP contribution < -0.4 is 11.2 Å². The third-order valence-electron chi connectivity index (χ3n) is 3.19. The van der Waals surface area contributed by atoms with E-state index >= 15 is 0 Å². The van der Waals surface area contributed by atoms with Crippen molar-refractivity contribution in [3.63, 3.8) is 0 Å². The number of hydrogen-bond acceptors (Lipinski definition) is 4. The number of nitrogens with one attached hydrogen (secondary N) is 1. The van der Waals surface area contributed by atoms with E-state index in [1.807, 2.05) is 0 Å². The number of rotatable bonds is 7. The van der Waals surface area contributed by atoms with Crippen molar-refractivity contribution in [1.82, 2.24) is 5.48 Å². The molecule has 0 heterocycles. The molecule has 0 aromatic heterocycles. The summed E-state index contributed by atoms with van der Waals surface area (Å²) in [7, 11) is 0. The highest BCUT2D eigenvalue weighted by Gasteiger charge is 2.14. The standard InChI is InChI=1S/C13H26N2O3/c14-10-6-3-7-11-17-13(16)15-18-12-8-4-1-2-5-9-12/h12H,1-11,14H2,(H,15,16). The van der Waals surface area contributed by atoms with Gasteiger partial charge in [-0.2, -0.15) is 5.48 Å². The molecule has 0 saturated heterocycles. The molecule has 18 heavy (non-hydrogen) atoms. The molecule has 0 radical (unpaired) electrons. The molecule has 1 aliphatic rings. The molecule has 1 aliphatic carbocycles. The highest BCUT2D eigenvalue weighted by Crippen LogP contribution is 2.18. The zero-order valence-corrected chi connectivity index (χ0v) is 11.2. The lowest BCUT2D eigenvalue weighted by atomic mass is 10.2. The molecule has 1 saturated carbocycles. The molecule has 0 aromatic rings. The molecule has 0 spiro atoms. The molecule has 1 rings (SSSR count). The van der Waals surface area contributed by atoms with Crippen molar-refractivity contribution < 1.29 is 14.4 Å². The first-order valence-corrected chi connectivity index (χ1v) is 7.11. The average Bonchev–Trinajstić information content (AvgIpc) is 2.64. The molecule has 1 fully saturated rings. The van der Waals surface area contributed by atoms with Gasteiger partial charge in [0.15, 0.2) is 0 Å². The summed E-state index contributed by atoms with van der Waals surface area (Å²) in [5.74, 6) is 0. The summed E-state index contributed by atoms with van der Waals surface area (Å²) in [5.41, 5.74) is 7.76. The Morgan fingerprint density at radius 2 is 1.83 bits per heavy atom. The second-order valence-corrected chi connectivity index (χ2v) is 4.82. The molecule has 1 amide bonds. The number of hydrogen-bond donors (Lipinski definition) is 2. The van der Waals surface area contributed by atoms with Gasteiger partial charge in [0.05, 0.1) is 12.7 Å². The molecule has 0 aliphatic heterocycles. The summed E-state index contributed by atoms with van der Waals surface area (Å²) >= 11 is 0. The second kappa shape index (κ2) is 10.1. The van der Waals surface area contributed by atoms with Gasteiger partial charge in [-0.25, -0.2) is 4.79 Å². The van der Waals surface area contributed by atoms with Gasteiger partial charge in [0.2, 0.25) is 0 Å². The van der Waals surface area contributed by atoms with Gasteiger partial charge in [0.1, 0.15) is 0 Å². The summed E-state index contributed by atoms with van der Waals surface area (Å²) in [6.45, 7) is 1.12. The first-order valence-electron chi connectivity index (χ1n) is 7.11. The van der Waals surface area contributed by atoms with Crippen molar-refractivity contribution >= 4 is 6.09 Å². The highest BCUT2D eigenvalue weighted by molar-refractivity contribution is 5.65. The molecule has 106 valence electrons. The van der Waals surface area contributed by atoms with E-state index in [-0.39, 0.29) is 6.10 Å². The Hall–Kier alpha value is -0.810. The lowest BCUT2D eigenvalue weighted by molar-refractivity contribution is -0.0297. The van der Waals surface area contributed by atoms with Crippen LogP contribution in [-0.2, 0) is 9.57 Å². The van der Waals surface area contributed by atoms with Crippen LogP contribution in [0.25, 0.3) is 0 Å². The smallest absolute Gasteiger partial charge is 0.431 e. The quantitative estimate of drug-likeness (QED) is 0.418. The van der Waals surface area contributed by atoms with E-state index in [1.165, 1.54) is 25.7 Å². The van der Waals surface area contributed by atoms with Gasteiger partial charge in [0.25, 0.3) is 0 Å². The van der Waals surface area contributed by atoms with Crippen LogP contribution in [-0.4, -0.2) is 25.3 Å². The van der Waals surface area contributed by atoms with Gasteiger partial charge in [-0.1, -0.05) is 25.7 Å². The number of amides is 1. The number of carbonyl (C=O) groups is 1. The molecule has 0 aromatic carbocycles. The summed E-state index contributed by atoms with van der Waals surface area (Å²) in [6.07, 6.45) is 9.44. The Bertz CT molecular complexity index is 216. The maximum Gasteiger partial charge on any atom is 0.431 e. The van der Waals surface area contributed by atoms with Gasteiger partial charge in [-0.05, 0) is 38.6 Å². The van der Waals surface area contributed by atoms with Crippen LogP contribution in [0.1, 0.15) is 57.8 Å². The molecule has 5 heteroatoms.